The molecule has 0 unspecified atom stereocenters. The summed E-state index contributed by atoms with van der Waals surface area (Å²) in [6.07, 6.45) is 1.36. The summed E-state index contributed by atoms with van der Waals surface area (Å²) in [6.45, 7) is 4.14. The van der Waals surface area contributed by atoms with Crippen LogP contribution in [0.25, 0.3) is 0 Å². The van der Waals surface area contributed by atoms with Gasteiger partial charge < -0.3 is 10.6 Å². The SMILES string of the molecule is C=CCNC(=O)CC(=O)NCc1ccccc1Cl. The van der Waals surface area contributed by atoms with Crippen molar-refractivity contribution in [3.05, 3.63) is 47.5 Å². The fraction of sp³-hybridized carbons (Fsp3) is 0.231. The molecule has 0 fully saturated rings. The molecule has 5 heteroatoms. The van der Waals surface area contributed by atoms with Crippen LogP contribution in [-0.2, 0) is 16.1 Å². The van der Waals surface area contributed by atoms with E-state index in [1.807, 2.05) is 18.2 Å². The van der Waals surface area contributed by atoms with Crippen LogP contribution in [-0.4, -0.2) is 18.4 Å². The topological polar surface area (TPSA) is 58.2 Å². The predicted octanol–water partition coefficient (Wildman–Crippen LogP) is 1.65. The normalized spacial score (nSPS) is 9.61. The Balaban J connectivity index is 2.35. The molecule has 0 saturated heterocycles. The number of carbonyl (C=O) groups excluding carboxylic acids is 2. The van der Waals surface area contributed by atoms with E-state index in [9.17, 15) is 9.59 Å². The van der Waals surface area contributed by atoms with Gasteiger partial charge in [-0.1, -0.05) is 35.9 Å². The first-order valence-electron chi connectivity index (χ1n) is 5.51. The first kappa shape index (κ1) is 14.3. The first-order chi connectivity index (χ1) is 8.63. The number of amides is 2. The quantitative estimate of drug-likeness (QED) is 0.608. The second-order valence-corrected chi connectivity index (χ2v) is 4.04. The summed E-state index contributed by atoms with van der Waals surface area (Å²) in [4.78, 5) is 22.7. The van der Waals surface area contributed by atoms with Crippen molar-refractivity contribution in [3.8, 4) is 0 Å². The highest BCUT2D eigenvalue weighted by Crippen LogP contribution is 2.14. The lowest BCUT2D eigenvalue weighted by Gasteiger charge is -2.06. The van der Waals surface area contributed by atoms with Crippen LogP contribution in [0.1, 0.15) is 12.0 Å². The van der Waals surface area contributed by atoms with E-state index in [0.717, 1.165) is 5.56 Å². The molecule has 0 aliphatic rings. The van der Waals surface area contributed by atoms with Crippen LogP contribution < -0.4 is 10.6 Å². The Morgan fingerprint density at radius 1 is 1.22 bits per heavy atom. The molecule has 0 aliphatic carbocycles. The first-order valence-corrected chi connectivity index (χ1v) is 5.89. The average molecular weight is 267 g/mol. The van der Waals surface area contributed by atoms with Crippen LogP contribution in [0.2, 0.25) is 5.02 Å². The molecule has 2 N–H and O–H groups in total. The highest BCUT2D eigenvalue weighted by molar-refractivity contribution is 6.31. The summed E-state index contributed by atoms with van der Waals surface area (Å²) in [5, 5.41) is 5.76. The van der Waals surface area contributed by atoms with Crippen LogP contribution in [0.4, 0.5) is 0 Å². The minimum Gasteiger partial charge on any atom is -0.352 e. The van der Waals surface area contributed by atoms with E-state index >= 15 is 0 Å². The molecule has 4 nitrogen and oxygen atoms in total. The van der Waals surface area contributed by atoms with Gasteiger partial charge in [-0.05, 0) is 11.6 Å². The smallest absolute Gasteiger partial charge is 0.229 e. The number of carbonyl (C=O) groups is 2. The standard InChI is InChI=1S/C13H15ClN2O2/c1-2-7-15-12(17)8-13(18)16-9-10-5-3-4-6-11(10)14/h2-6H,1,7-9H2,(H,15,17)(H,16,18). The summed E-state index contributed by atoms with van der Waals surface area (Å²) < 4.78 is 0. The third kappa shape index (κ3) is 5.01. The van der Waals surface area contributed by atoms with E-state index in [4.69, 9.17) is 11.6 Å². The summed E-state index contributed by atoms with van der Waals surface area (Å²) in [7, 11) is 0. The minimum absolute atomic E-state index is 0.196. The maximum atomic E-state index is 11.5. The lowest BCUT2D eigenvalue weighted by atomic mass is 10.2. The summed E-state index contributed by atoms with van der Waals surface area (Å²) in [5.74, 6) is -0.664. The van der Waals surface area contributed by atoms with E-state index in [1.165, 1.54) is 0 Å². The molecule has 1 rings (SSSR count). The van der Waals surface area contributed by atoms with Crippen molar-refractivity contribution in [1.82, 2.24) is 10.6 Å². The number of hydrogen-bond acceptors (Lipinski definition) is 2. The van der Waals surface area contributed by atoms with Crippen molar-refractivity contribution in [2.75, 3.05) is 6.54 Å². The molecule has 0 aliphatic heterocycles. The van der Waals surface area contributed by atoms with Gasteiger partial charge in [0.1, 0.15) is 6.42 Å². The molecule has 0 bridgehead atoms. The molecular formula is C13H15ClN2O2. The Kier molecular flexibility index (Phi) is 5.94. The molecular weight excluding hydrogens is 252 g/mol. The molecule has 18 heavy (non-hydrogen) atoms. The zero-order valence-electron chi connectivity index (χ0n) is 9.91. The van der Waals surface area contributed by atoms with E-state index in [-0.39, 0.29) is 18.2 Å². The van der Waals surface area contributed by atoms with Gasteiger partial charge in [-0.25, -0.2) is 0 Å². The Morgan fingerprint density at radius 3 is 2.56 bits per heavy atom. The number of nitrogens with one attached hydrogen (secondary N) is 2. The second-order valence-electron chi connectivity index (χ2n) is 3.64. The van der Waals surface area contributed by atoms with Gasteiger partial charge in [0.2, 0.25) is 11.8 Å². The van der Waals surface area contributed by atoms with Gasteiger partial charge in [0.05, 0.1) is 0 Å². The lowest BCUT2D eigenvalue weighted by Crippen LogP contribution is -2.31. The molecule has 0 radical (unpaired) electrons. The van der Waals surface area contributed by atoms with Gasteiger partial charge in [-0.2, -0.15) is 0 Å². The van der Waals surface area contributed by atoms with Crippen molar-refractivity contribution >= 4 is 23.4 Å². The molecule has 0 heterocycles. The summed E-state index contributed by atoms with van der Waals surface area (Å²) in [6, 6.07) is 7.22. The van der Waals surface area contributed by atoms with Crippen LogP contribution in [0.15, 0.2) is 36.9 Å². The average Bonchev–Trinajstić information content (AvgIpc) is 2.35. The zero-order chi connectivity index (χ0) is 13.4. The Bertz CT molecular complexity index is 446. The molecule has 96 valence electrons. The van der Waals surface area contributed by atoms with E-state index < -0.39 is 0 Å². The van der Waals surface area contributed by atoms with Crippen LogP contribution >= 0.6 is 11.6 Å². The Hall–Kier alpha value is -1.81. The number of hydrogen-bond donors (Lipinski definition) is 2. The van der Waals surface area contributed by atoms with E-state index in [0.29, 0.717) is 18.1 Å². The molecule has 1 aromatic rings. The largest absolute Gasteiger partial charge is 0.352 e. The highest BCUT2D eigenvalue weighted by Gasteiger charge is 2.08. The molecule has 0 spiro atoms. The van der Waals surface area contributed by atoms with Crippen molar-refractivity contribution in [2.24, 2.45) is 0 Å². The highest BCUT2D eigenvalue weighted by atomic mass is 35.5. The van der Waals surface area contributed by atoms with Gasteiger partial charge in [0.15, 0.2) is 0 Å². The third-order valence-electron chi connectivity index (χ3n) is 2.20. The van der Waals surface area contributed by atoms with Gasteiger partial charge in [-0.15, -0.1) is 6.58 Å². The third-order valence-corrected chi connectivity index (χ3v) is 2.57. The van der Waals surface area contributed by atoms with Crippen molar-refractivity contribution in [2.45, 2.75) is 13.0 Å². The van der Waals surface area contributed by atoms with Crippen LogP contribution in [0, 0.1) is 0 Å². The Morgan fingerprint density at radius 2 is 1.89 bits per heavy atom. The van der Waals surface area contributed by atoms with Crippen molar-refractivity contribution < 1.29 is 9.59 Å². The van der Waals surface area contributed by atoms with Crippen LogP contribution in [0.5, 0.6) is 0 Å². The number of benzene rings is 1. The lowest BCUT2D eigenvalue weighted by molar-refractivity contribution is -0.129. The van der Waals surface area contributed by atoms with E-state index in [2.05, 4.69) is 17.2 Å². The number of rotatable bonds is 6. The van der Waals surface area contributed by atoms with Crippen LogP contribution in [0.3, 0.4) is 0 Å². The van der Waals surface area contributed by atoms with Crippen molar-refractivity contribution in [3.63, 3.8) is 0 Å². The molecule has 0 aromatic heterocycles. The fourth-order valence-electron chi connectivity index (χ4n) is 1.29. The van der Waals surface area contributed by atoms with Gasteiger partial charge >= 0.3 is 0 Å². The fourth-order valence-corrected chi connectivity index (χ4v) is 1.49. The molecule has 2 amide bonds. The second kappa shape index (κ2) is 7.50. The predicted molar refractivity (Wildman–Crippen MR) is 71.1 cm³/mol. The molecule has 1 aromatic carbocycles. The summed E-state index contributed by atoms with van der Waals surface area (Å²) >= 11 is 5.94. The van der Waals surface area contributed by atoms with E-state index in [1.54, 1.807) is 12.1 Å². The van der Waals surface area contributed by atoms with Crippen molar-refractivity contribution in [1.29, 1.82) is 0 Å². The maximum Gasteiger partial charge on any atom is 0.229 e. The molecule has 0 atom stereocenters. The van der Waals surface area contributed by atoms with Gasteiger partial charge in [-0.3, -0.25) is 9.59 Å². The monoisotopic (exact) mass is 266 g/mol. The Labute approximate surface area is 111 Å². The molecule has 0 saturated carbocycles. The van der Waals surface area contributed by atoms with Gasteiger partial charge in [0, 0.05) is 18.1 Å². The van der Waals surface area contributed by atoms with Gasteiger partial charge in [0.25, 0.3) is 0 Å². The maximum absolute atomic E-state index is 11.5. The summed E-state index contributed by atoms with van der Waals surface area (Å²) in [5.41, 5.74) is 0.819. The minimum atomic E-state index is -0.337. The number of halogens is 1. The zero-order valence-corrected chi connectivity index (χ0v) is 10.7.